The van der Waals surface area contributed by atoms with Crippen LogP contribution in [0.5, 0.6) is 0 Å². The van der Waals surface area contributed by atoms with Gasteiger partial charge in [0.15, 0.2) is 0 Å². The van der Waals surface area contributed by atoms with Gasteiger partial charge in [0.25, 0.3) is 0 Å². The summed E-state index contributed by atoms with van der Waals surface area (Å²) in [6.07, 6.45) is 2.20. The molecule has 0 saturated heterocycles. The van der Waals surface area contributed by atoms with E-state index in [1.807, 2.05) is 23.7 Å². The molecule has 1 aliphatic heterocycles. The summed E-state index contributed by atoms with van der Waals surface area (Å²) >= 11 is 3.49. The Balaban J connectivity index is 1.82. The van der Waals surface area contributed by atoms with Crippen LogP contribution in [0.3, 0.4) is 0 Å². The molecular formula is C19H17BrN4. The number of rotatable bonds is 2. The average Bonchev–Trinajstić information content (AvgIpc) is 2.95. The van der Waals surface area contributed by atoms with Crippen LogP contribution in [-0.2, 0) is 0 Å². The first-order chi connectivity index (χ1) is 11.6. The van der Waals surface area contributed by atoms with Crippen molar-refractivity contribution in [2.45, 2.75) is 19.9 Å². The van der Waals surface area contributed by atoms with Crippen molar-refractivity contribution < 1.29 is 0 Å². The number of hydrogen-bond acceptors (Lipinski definition) is 3. The maximum absolute atomic E-state index is 4.56. The van der Waals surface area contributed by atoms with Crippen LogP contribution in [0.25, 0.3) is 5.70 Å². The average molecular weight is 381 g/mol. The number of benzene rings is 2. The van der Waals surface area contributed by atoms with Crippen LogP contribution in [0.15, 0.2) is 59.1 Å². The summed E-state index contributed by atoms with van der Waals surface area (Å²) in [7, 11) is 0. The van der Waals surface area contributed by atoms with E-state index < -0.39 is 0 Å². The van der Waals surface area contributed by atoms with Crippen LogP contribution in [-0.4, -0.2) is 14.8 Å². The second kappa shape index (κ2) is 5.91. The van der Waals surface area contributed by atoms with Gasteiger partial charge in [0, 0.05) is 10.2 Å². The highest BCUT2D eigenvalue weighted by molar-refractivity contribution is 9.10. The summed E-state index contributed by atoms with van der Waals surface area (Å²) in [6, 6.07) is 16.9. The summed E-state index contributed by atoms with van der Waals surface area (Å²) in [4.78, 5) is 4.53. The van der Waals surface area contributed by atoms with Crippen molar-refractivity contribution in [3.63, 3.8) is 0 Å². The van der Waals surface area contributed by atoms with Crippen LogP contribution in [0, 0.1) is 13.8 Å². The third kappa shape index (κ3) is 2.76. The Morgan fingerprint density at radius 3 is 2.42 bits per heavy atom. The maximum Gasteiger partial charge on any atom is 0.226 e. The number of nitrogens with zero attached hydrogens (tertiary/aromatic N) is 3. The molecular weight excluding hydrogens is 364 g/mol. The maximum atomic E-state index is 4.56. The van der Waals surface area contributed by atoms with E-state index in [9.17, 15) is 0 Å². The van der Waals surface area contributed by atoms with E-state index in [0.717, 1.165) is 27.5 Å². The molecule has 0 fully saturated rings. The molecule has 4 rings (SSSR count). The molecule has 1 aliphatic rings. The molecule has 1 N–H and O–H groups in total. The number of aromatic nitrogens is 3. The fourth-order valence-electron chi connectivity index (χ4n) is 2.90. The van der Waals surface area contributed by atoms with Crippen LogP contribution in [0.2, 0.25) is 0 Å². The highest BCUT2D eigenvalue weighted by atomic mass is 79.9. The third-order valence-corrected chi connectivity index (χ3v) is 4.67. The Hall–Kier alpha value is -2.40. The lowest BCUT2D eigenvalue weighted by Crippen LogP contribution is -2.20. The zero-order valence-electron chi connectivity index (χ0n) is 13.5. The summed E-state index contributed by atoms with van der Waals surface area (Å²) < 4.78 is 3.01. The van der Waals surface area contributed by atoms with E-state index in [2.05, 4.69) is 80.7 Å². The van der Waals surface area contributed by atoms with Crippen LogP contribution in [0.1, 0.15) is 28.6 Å². The molecule has 5 heteroatoms. The van der Waals surface area contributed by atoms with E-state index in [1.165, 1.54) is 11.1 Å². The van der Waals surface area contributed by atoms with Crippen molar-refractivity contribution in [1.29, 1.82) is 0 Å². The lowest BCUT2D eigenvalue weighted by Gasteiger charge is -2.24. The fraction of sp³-hybridized carbons (Fsp3) is 0.158. The van der Waals surface area contributed by atoms with Gasteiger partial charge in [0.2, 0.25) is 5.95 Å². The van der Waals surface area contributed by atoms with Gasteiger partial charge in [-0.15, -0.1) is 0 Å². The summed E-state index contributed by atoms with van der Waals surface area (Å²) in [6.45, 7) is 4.01. The zero-order valence-corrected chi connectivity index (χ0v) is 15.1. The standard InChI is InChI=1S/C19H17BrN4/c1-12-3-5-15(6-4-12)18-11-17(14-7-9-16(20)10-8-14)22-19-21-13(2)23-24(18)19/h3-11,18H,1-2H3,(H,21,22,23)/t18-/m0/s1. The molecule has 2 aromatic carbocycles. The Bertz CT molecular complexity index is 908. The molecule has 0 aliphatic carbocycles. The molecule has 0 amide bonds. The molecule has 0 radical (unpaired) electrons. The van der Waals surface area contributed by atoms with Gasteiger partial charge >= 0.3 is 0 Å². The molecule has 0 spiro atoms. The largest absolute Gasteiger partial charge is 0.324 e. The molecule has 0 saturated carbocycles. The fourth-order valence-corrected chi connectivity index (χ4v) is 3.16. The normalized spacial score (nSPS) is 16.3. The number of aryl methyl sites for hydroxylation is 2. The Morgan fingerprint density at radius 2 is 1.71 bits per heavy atom. The summed E-state index contributed by atoms with van der Waals surface area (Å²) in [5, 5.41) is 7.96. The highest BCUT2D eigenvalue weighted by Gasteiger charge is 2.24. The number of fused-ring (bicyclic) bond motifs is 1. The Labute approximate surface area is 149 Å². The Kier molecular flexibility index (Phi) is 3.73. The molecule has 1 atom stereocenters. The van der Waals surface area contributed by atoms with Crippen molar-refractivity contribution >= 4 is 27.6 Å². The van der Waals surface area contributed by atoms with Gasteiger partial charge in [0.05, 0.1) is 0 Å². The minimum atomic E-state index is 0.0293. The lowest BCUT2D eigenvalue weighted by atomic mass is 10.0. The summed E-state index contributed by atoms with van der Waals surface area (Å²) in [5.74, 6) is 1.54. The van der Waals surface area contributed by atoms with Gasteiger partial charge in [-0.1, -0.05) is 57.9 Å². The van der Waals surface area contributed by atoms with Gasteiger partial charge in [0.1, 0.15) is 11.9 Å². The number of anilines is 1. The molecule has 4 nitrogen and oxygen atoms in total. The van der Waals surface area contributed by atoms with Crippen molar-refractivity contribution in [1.82, 2.24) is 14.8 Å². The smallest absolute Gasteiger partial charge is 0.226 e. The van der Waals surface area contributed by atoms with Crippen molar-refractivity contribution in [3.8, 4) is 0 Å². The molecule has 120 valence electrons. The van der Waals surface area contributed by atoms with Crippen molar-refractivity contribution in [2.75, 3.05) is 5.32 Å². The predicted octanol–water partition coefficient (Wildman–Crippen LogP) is 4.71. The van der Waals surface area contributed by atoms with E-state index >= 15 is 0 Å². The minimum Gasteiger partial charge on any atom is -0.324 e. The first-order valence-corrected chi connectivity index (χ1v) is 8.64. The van der Waals surface area contributed by atoms with Gasteiger partial charge in [-0.05, 0) is 43.2 Å². The van der Waals surface area contributed by atoms with Crippen molar-refractivity contribution in [3.05, 3.63) is 81.6 Å². The number of hydrogen-bond donors (Lipinski definition) is 1. The number of nitrogens with one attached hydrogen (secondary N) is 1. The van der Waals surface area contributed by atoms with E-state index in [4.69, 9.17) is 0 Å². The van der Waals surface area contributed by atoms with E-state index in [1.54, 1.807) is 0 Å². The molecule has 1 aromatic heterocycles. The monoisotopic (exact) mass is 380 g/mol. The zero-order chi connectivity index (χ0) is 16.7. The minimum absolute atomic E-state index is 0.0293. The topological polar surface area (TPSA) is 42.7 Å². The van der Waals surface area contributed by atoms with E-state index in [-0.39, 0.29) is 6.04 Å². The number of allylic oxidation sites excluding steroid dienone is 1. The van der Waals surface area contributed by atoms with Crippen LogP contribution in [0.4, 0.5) is 5.95 Å². The number of halogens is 1. The van der Waals surface area contributed by atoms with Gasteiger partial charge in [-0.2, -0.15) is 10.1 Å². The molecule has 2 heterocycles. The second-order valence-electron chi connectivity index (χ2n) is 5.99. The SMILES string of the molecule is Cc1ccc([C@@H]2C=C(c3ccc(Br)cc3)Nc3nc(C)nn32)cc1. The first kappa shape index (κ1) is 15.1. The van der Waals surface area contributed by atoms with Gasteiger partial charge in [-0.25, -0.2) is 4.68 Å². The quantitative estimate of drug-likeness (QED) is 0.699. The molecule has 24 heavy (non-hydrogen) atoms. The van der Waals surface area contributed by atoms with Crippen LogP contribution >= 0.6 is 15.9 Å². The predicted molar refractivity (Wildman–Crippen MR) is 99.8 cm³/mol. The van der Waals surface area contributed by atoms with Gasteiger partial charge in [-0.3, -0.25) is 0 Å². The van der Waals surface area contributed by atoms with Gasteiger partial charge < -0.3 is 5.32 Å². The first-order valence-electron chi connectivity index (χ1n) is 7.85. The lowest BCUT2D eigenvalue weighted by molar-refractivity contribution is 0.607. The summed E-state index contributed by atoms with van der Waals surface area (Å²) in [5.41, 5.74) is 4.62. The molecule has 3 aromatic rings. The van der Waals surface area contributed by atoms with Crippen LogP contribution < -0.4 is 5.32 Å². The van der Waals surface area contributed by atoms with Crippen molar-refractivity contribution in [2.24, 2.45) is 0 Å². The highest BCUT2D eigenvalue weighted by Crippen LogP contribution is 2.32. The second-order valence-corrected chi connectivity index (χ2v) is 6.91. The third-order valence-electron chi connectivity index (χ3n) is 4.15. The molecule has 0 bridgehead atoms. The Morgan fingerprint density at radius 1 is 1.00 bits per heavy atom. The molecule has 0 unspecified atom stereocenters. The van der Waals surface area contributed by atoms with E-state index in [0.29, 0.717) is 0 Å².